The quantitative estimate of drug-likeness (QED) is 0.419. The summed E-state index contributed by atoms with van der Waals surface area (Å²) >= 11 is 0. The molecule has 126 valence electrons. The molecule has 1 fully saturated rings. The summed E-state index contributed by atoms with van der Waals surface area (Å²) in [5.74, 6) is 0.681. The van der Waals surface area contributed by atoms with Gasteiger partial charge in [0.25, 0.3) is 7.37 Å². The Balaban J connectivity index is 2.75. The molecule has 0 aliphatic heterocycles. The van der Waals surface area contributed by atoms with Crippen molar-refractivity contribution in [1.29, 1.82) is 0 Å². The molecule has 1 aliphatic rings. The Kier molecular flexibility index (Phi) is 8.48. The maximum absolute atomic E-state index is 13.4. The third kappa shape index (κ3) is 5.35. The van der Waals surface area contributed by atoms with E-state index in [-0.39, 0.29) is 0 Å². The van der Waals surface area contributed by atoms with Crippen LogP contribution >= 0.6 is 7.37 Å². The number of ether oxygens (including phenoxy) is 2. The highest BCUT2D eigenvalue weighted by atomic mass is 31.2. The van der Waals surface area contributed by atoms with Crippen LogP contribution in [-0.2, 0) is 18.6 Å². The van der Waals surface area contributed by atoms with Crippen LogP contribution < -0.4 is 0 Å². The van der Waals surface area contributed by atoms with Gasteiger partial charge < -0.3 is 14.0 Å². The first-order chi connectivity index (χ1) is 10.0. The zero-order valence-electron chi connectivity index (χ0n) is 14.2. The van der Waals surface area contributed by atoms with E-state index in [2.05, 4.69) is 0 Å². The van der Waals surface area contributed by atoms with E-state index in [9.17, 15) is 4.57 Å². The second-order valence-corrected chi connectivity index (χ2v) is 8.74. The second-order valence-electron chi connectivity index (χ2n) is 5.87. The van der Waals surface area contributed by atoms with E-state index in [1.54, 1.807) is 6.92 Å². The predicted octanol–water partition coefficient (Wildman–Crippen LogP) is 5.02. The van der Waals surface area contributed by atoms with Crippen LogP contribution in [0.4, 0.5) is 0 Å². The van der Waals surface area contributed by atoms with E-state index in [4.69, 9.17) is 14.0 Å². The summed E-state index contributed by atoms with van der Waals surface area (Å²) in [6.45, 7) is 8.82. The highest BCUT2D eigenvalue weighted by Gasteiger charge is 2.47. The molecule has 21 heavy (non-hydrogen) atoms. The van der Waals surface area contributed by atoms with Gasteiger partial charge >= 0.3 is 0 Å². The monoisotopic (exact) mass is 320 g/mol. The van der Waals surface area contributed by atoms with Crippen LogP contribution in [0.15, 0.2) is 0 Å². The zero-order valence-corrected chi connectivity index (χ0v) is 15.1. The van der Waals surface area contributed by atoms with E-state index >= 15 is 0 Å². The van der Waals surface area contributed by atoms with Gasteiger partial charge in [0.05, 0.1) is 6.61 Å². The van der Waals surface area contributed by atoms with Gasteiger partial charge in [0.2, 0.25) is 5.53 Å². The third-order valence-corrected chi connectivity index (χ3v) is 7.36. The molecule has 0 saturated heterocycles. The molecule has 0 N–H and O–H groups in total. The van der Waals surface area contributed by atoms with Gasteiger partial charge in [0, 0.05) is 19.4 Å². The van der Waals surface area contributed by atoms with Gasteiger partial charge in [-0.25, -0.2) is 0 Å². The number of hydrogen-bond donors (Lipinski definition) is 0. The number of hydrogen-bond acceptors (Lipinski definition) is 4. The van der Waals surface area contributed by atoms with Crippen molar-refractivity contribution in [3.63, 3.8) is 0 Å². The van der Waals surface area contributed by atoms with E-state index in [0.717, 1.165) is 6.42 Å². The average Bonchev–Trinajstić information content (AvgIpc) is 2.47. The molecule has 1 rings (SSSR count). The summed E-state index contributed by atoms with van der Waals surface area (Å²) < 4.78 is 30.5. The molecule has 0 aromatic rings. The molecule has 0 unspecified atom stereocenters. The highest BCUT2D eigenvalue weighted by molar-refractivity contribution is 7.60. The maximum atomic E-state index is 13.4. The molecule has 0 aromatic heterocycles. The van der Waals surface area contributed by atoms with Crippen LogP contribution in [0.5, 0.6) is 0 Å². The first-order valence-electron chi connectivity index (χ1n) is 8.53. The minimum Gasteiger partial charge on any atom is -0.342 e. The zero-order chi connectivity index (χ0) is 15.8. The van der Waals surface area contributed by atoms with Crippen LogP contribution in [0.25, 0.3) is 0 Å². The molecule has 4 nitrogen and oxygen atoms in total. The second kappa shape index (κ2) is 9.29. The lowest BCUT2D eigenvalue weighted by Crippen LogP contribution is -2.35. The minimum atomic E-state index is -2.99. The SMILES string of the molecule is CCOC(C)(OCC)[P@](=O)(CCC1CCCCC1)OCC. The van der Waals surface area contributed by atoms with E-state index in [1.165, 1.54) is 32.1 Å². The van der Waals surface area contributed by atoms with Crippen molar-refractivity contribution in [2.75, 3.05) is 26.0 Å². The van der Waals surface area contributed by atoms with Gasteiger partial charge in [-0.15, -0.1) is 0 Å². The molecule has 0 heterocycles. The fourth-order valence-electron chi connectivity index (χ4n) is 3.20. The van der Waals surface area contributed by atoms with Crippen molar-refractivity contribution in [2.45, 2.75) is 71.7 Å². The lowest BCUT2D eigenvalue weighted by Gasteiger charge is -2.37. The molecule has 0 spiro atoms. The van der Waals surface area contributed by atoms with Crippen molar-refractivity contribution in [3.8, 4) is 0 Å². The third-order valence-electron chi connectivity index (χ3n) is 4.34. The van der Waals surface area contributed by atoms with Gasteiger partial charge in [0.15, 0.2) is 0 Å². The van der Waals surface area contributed by atoms with Gasteiger partial charge in [-0.3, -0.25) is 4.57 Å². The van der Waals surface area contributed by atoms with Crippen molar-refractivity contribution in [1.82, 2.24) is 0 Å². The van der Waals surface area contributed by atoms with Gasteiger partial charge in [-0.05, 0) is 40.0 Å². The van der Waals surface area contributed by atoms with Crippen LogP contribution in [0.1, 0.15) is 66.2 Å². The van der Waals surface area contributed by atoms with E-state index < -0.39 is 12.9 Å². The summed E-state index contributed by atoms with van der Waals surface area (Å²) in [4.78, 5) is 0. The van der Waals surface area contributed by atoms with Gasteiger partial charge in [-0.2, -0.15) is 0 Å². The Hall–Kier alpha value is 0.110. The molecule has 1 atom stereocenters. The van der Waals surface area contributed by atoms with E-state index in [0.29, 0.717) is 31.9 Å². The lowest BCUT2D eigenvalue weighted by atomic mass is 9.88. The Morgan fingerprint density at radius 3 is 2.05 bits per heavy atom. The molecule has 0 radical (unpaired) electrons. The number of rotatable bonds is 10. The predicted molar refractivity (Wildman–Crippen MR) is 86.9 cm³/mol. The standard InChI is InChI=1S/C16H33O4P/c1-5-18-16(4,19-6-2)21(17,20-7-3)14-13-15-11-9-8-10-12-15/h15H,5-14H2,1-4H3/t21-/m0/s1. The molecule has 5 heteroatoms. The first-order valence-corrected chi connectivity index (χ1v) is 10.3. The highest BCUT2D eigenvalue weighted by Crippen LogP contribution is 2.61. The van der Waals surface area contributed by atoms with Gasteiger partial charge in [0.1, 0.15) is 0 Å². The maximum Gasteiger partial charge on any atom is 0.260 e. The molecular formula is C16H33O4P. The molecule has 0 bridgehead atoms. The molecule has 1 aliphatic carbocycles. The topological polar surface area (TPSA) is 44.8 Å². The van der Waals surface area contributed by atoms with Crippen LogP contribution in [0.2, 0.25) is 0 Å². The normalized spacial score (nSPS) is 20.4. The minimum absolute atomic E-state index is 0.428. The molecule has 0 aromatic carbocycles. The first kappa shape index (κ1) is 19.2. The molecule has 0 amide bonds. The largest absolute Gasteiger partial charge is 0.342 e. The Morgan fingerprint density at radius 2 is 1.57 bits per heavy atom. The smallest absolute Gasteiger partial charge is 0.260 e. The molecule has 1 saturated carbocycles. The fourth-order valence-corrected chi connectivity index (χ4v) is 5.74. The lowest BCUT2D eigenvalue weighted by molar-refractivity contribution is -0.168. The van der Waals surface area contributed by atoms with Crippen molar-refractivity contribution < 1.29 is 18.6 Å². The van der Waals surface area contributed by atoms with Crippen molar-refractivity contribution in [2.24, 2.45) is 5.92 Å². The summed E-state index contributed by atoms with van der Waals surface area (Å²) in [5, 5.41) is 0. The van der Waals surface area contributed by atoms with Crippen LogP contribution in [0.3, 0.4) is 0 Å². The summed E-state index contributed by atoms with van der Waals surface area (Å²) in [6.07, 6.45) is 7.97. The summed E-state index contributed by atoms with van der Waals surface area (Å²) in [7, 11) is -2.99. The molecular weight excluding hydrogens is 287 g/mol. The van der Waals surface area contributed by atoms with Crippen molar-refractivity contribution in [3.05, 3.63) is 0 Å². The van der Waals surface area contributed by atoms with Crippen molar-refractivity contribution >= 4 is 7.37 Å². The van der Waals surface area contributed by atoms with E-state index in [1.807, 2.05) is 20.8 Å². The van der Waals surface area contributed by atoms with Crippen LogP contribution in [-0.4, -0.2) is 31.5 Å². The summed E-state index contributed by atoms with van der Waals surface area (Å²) in [6, 6.07) is 0. The van der Waals surface area contributed by atoms with Crippen LogP contribution in [0, 0.1) is 5.92 Å². The Bertz CT molecular complexity index is 320. The Morgan fingerprint density at radius 1 is 1.00 bits per heavy atom. The average molecular weight is 320 g/mol. The van der Waals surface area contributed by atoms with Gasteiger partial charge in [-0.1, -0.05) is 32.1 Å². The summed E-state index contributed by atoms with van der Waals surface area (Å²) in [5.41, 5.74) is -1.11. The Labute approximate surface area is 130 Å². The fraction of sp³-hybridized carbons (Fsp3) is 1.00.